The molecule has 0 radical (unpaired) electrons. The van der Waals surface area contributed by atoms with Crippen molar-refractivity contribution in [1.82, 2.24) is 10.2 Å². The zero-order valence-electron chi connectivity index (χ0n) is 10.3. The second kappa shape index (κ2) is 4.64. The zero-order valence-corrected chi connectivity index (χ0v) is 11.1. The predicted octanol–water partition coefficient (Wildman–Crippen LogP) is 1.81. The lowest BCUT2D eigenvalue weighted by Crippen LogP contribution is -2.50. The molecule has 0 aromatic carbocycles. The van der Waals surface area contributed by atoms with E-state index in [9.17, 15) is 0 Å². The first-order chi connectivity index (χ1) is 7.12. The van der Waals surface area contributed by atoms with Crippen LogP contribution in [-0.4, -0.2) is 47.6 Å². The highest BCUT2D eigenvalue weighted by atomic mass is 32.2. The summed E-state index contributed by atoms with van der Waals surface area (Å²) in [5.74, 6) is 2.18. The van der Waals surface area contributed by atoms with Gasteiger partial charge in [-0.25, -0.2) is 0 Å². The Morgan fingerprint density at radius 2 is 2.20 bits per heavy atom. The summed E-state index contributed by atoms with van der Waals surface area (Å²) in [5, 5.41) is 3.55. The number of rotatable bonds is 2. The molecular weight excluding hydrogens is 204 g/mol. The first-order valence-electron chi connectivity index (χ1n) is 6.21. The second-order valence-corrected chi connectivity index (χ2v) is 7.27. The molecule has 2 aliphatic rings. The number of nitrogens with zero attached hydrogens (tertiary/aromatic N) is 1. The van der Waals surface area contributed by atoms with Gasteiger partial charge in [0.25, 0.3) is 0 Å². The molecule has 3 heteroatoms. The number of hydrogen-bond donors (Lipinski definition) is 1. The Morgan fingerprint density at radius 1 is 1.40 bits per heavy atom. The molecule has 0 spiro atoms. The normalized spacial score (nSPS) is 37.0. The fourth-order valence-electron chi connectivity index (χ4n) is 2.90. The van der Waals surface area contributed by atoms with Gasteiger partial charge >= 0.3 is 0 Å². The van der Waals surface area contributed by atoms with Gasteiger partial charge < -0.3 is 5.32 Å². The van der Waals surface area contributed by atoms with Gasteiger partial charge in [-0.3, -0.25) is 4.90 Å². The minimum atomic E-state index is 0.457. The summed E-state index contributed by atoms with van der Waals surface area (Å²) in [6.45, 7) is 12.1. The monoisotopic (exact) mass is 228 g/mol. The van der Waals surface area contributed by atoms with Crippen molar-refractivity contribution in [1.29, 1.82) is 0 Å². The summed E-state index contributed by atoms with van der Waals surface area (Å²) in [4.78, 5) is 2.73. The summed E-state index contributed by atoms with van der Waals surface area (Å²) in [6, 6.07) is 0.801. The van der Waals surface area contributed by atoms with Crippen molar-refractivity contribution in [3.05, 3.63) is 0 Å². The van der Waals surface area contributed by atoms with E-state index < -0.39 is 0 Å². The fraction of sp³-hybridized carbons (Fsp3) is 1.00. The maximum Gasteiger partial charge on any atom is 0.0261 e. The minimum Gasteiger partial charge on any atom is -0.315 e. The number of hydrogen-bond acceptors (Lipinski definition) is 3. The molecule has 0 aromatic heterocycles. The van der Waals surface area contributed by atoms with Gasteiger partial charge in [-0.05, 0) is 26.3 Å². The first-order valence-corrected chi connectivity index (χ1v) is 7.19. The van der Waals surface area contributed by atoms with Crippen molar-refractivity contribution >= 4 is 11.8 Å². The Bertz CT molecular complexity index is 218. The molecule has 0 amide bonds. The van der Waals surface area contributed by atoms with Gasteiger partial charge in [-0.15, -0.1) is 0 Å². The Kier molecular flexibility index (Phi) is 3.63. The molecule has 2 saturated heterocycles. The summed E-state index contributed by atoms with van der Waals surface area (Å²) in [5.41, 5.74) is 0. The van der Waals surface area contributed by atoms with Crippen LogP contribution < -0.4 is 5.32 Å². The smallest absolute Gasteiger partial charge is 0.0261 e. The van der Waals surface area contributed by atoms with E-state index in [1.807, 2.05) is 0 Å². The lowest BCUT2D eigenvalue weighted by atomic mass is 9.98. The number of nitrogens with one attached hydrogen (secondary N) is 1. The van der Waals surface area contributed by atoms with Crippen LogP contribution in [-0.2, 0) is 0 Å². The van der Waals surface area contributed by atoms with E-state index >= 15 is 0 Å². The molecule has 2 rings (SSSR count). The zero-order chi connectivity index (χ0) is 10.9. The Hall–Kier alpha value is 0.270. The molecule has 2 atom stereocenters. The lowest BCUT2D eigenvalue weighted by Gasteiger charge is -2.42. The predicted molar refractivity (Wildman–Crippen MR) is 68.5 cm³/mol. The molecule has 1 N–H and O–H groups in total. The van der Waals surface area contributed by atoms with Crippen molar-refractivity contribution in [3.8, 4) is 0 Å². The largest absolute Gasteiger partial charge is 0.315 e. The first kappa shape index (κ1) is 11.7. The van der Waals surface area contributed by atoms with Crippen LogP contribution in [0.1, 0.15) is 27.2 Å². The average Bonchev–Trinajstić information content (AvgIpc) is 2.63. The van der Waals surface area contributed by atoms with Crippen molar-refractivity contribution in [2.45, 2.75) is 38.0 Å². The number of thioether (sulfide) groups is 1. The second-order valence-electron chi connectivity index (χ2n) is 5.47. The van der Waals surface area contributed by atoms with Gasteiger partial charge in [-0.1, -0.05) is 13.3 Å². The molecule has 15 heavy (non-hydrogen) atoms. The van der Waals surface area contributed by atoms with E-state index in [1.54, 1.807) is 0 Å². The van der Waals surface area contributed by atoms with Crippen LogP contribution in [0.3, 0.4) is 0 Å². The molecule has 2 unspecified atom stereocenters. The van der Waals surface area contributed by atoms with E-state index in [2.05, 4.69) is 42.7 Å². The molecule has 0 bridgehead atoms. The molecule has 2 aliphatic heterocycles. The molecular formula is C12H24N2S. The minimum absolute atomic E-state index is 0.457. The van der Waals surface area contributed by atoms with Crippen LogP contribution in [0, 0.1) is 5.92 Å². The third kappa shape index (κ3) is 2.69. The van der Waals surface area contributed by atoms with Crippen LogP contribution in [0.5, 0.6) is 0 Å². The lowest BCUT2D eigenvalue weighted by molar-refractivity contribution is 0.162. The summed E-state index contributed by atoms with van der Waals surface area (Å²) in [6.07, 6.45) is 1.32. The molecule has 88 valence electrons. The SMILES string of the molecule is CCC1CNCC1N1CCSC(C)(C)C1. The van der Waals surface area contributed by atoms with Gasteiger partial charge in [0.1, 0.15) is 0 Å². The van der Waals surface area contributed by atoms with Gasteiger partial charge in [0, 0.05) is 36.2 Å². The van der Waals surface area contributed by atoms with Crippen LogP contribution in [0.25, 0.3) is 0 Å². The van der Waals surface area contributed by atoms with Crippen LogP contribution in [0.4, 0.5) is 0 Å². The van der Waals surface area contributed by atoms with Gasteiger partial charge in [0.15, 0.2) is 0 Å². The van der Waals surface area contributed by atoms with E-state index in [1.165, 1.54) is 38.4 Å². The molecule has 2 heterocycles. The van der Waals surface area contributed by atoms with Crippen LogP contribution in [0.15, 0.2) is 0 Å². The molecule has 0 aliphatic carbocycles. The third-order valence-corrected chi connectivity index (χ3v) is 5.05. The molecule has 0 saturated carbocycles. The Labute approximate surface area is 98.2 Å². The molecule has 0 aromatic rings. The maximum atomic E-state index is 3.55. The average molecular weight is 228 g/mol. The molecule has 2 fully saturated rings. The van der Waals surface area contributed by atoms with E-state index in [-0.39, 0.29) is 0 Å². The van der Waals surface area contributed by atoms with Crippen molar-refractivity contribution in [2.75, 3.05) is 31.9 Å². The van der Waals surface area contributed by atoms with Gasteiger partial charge in [0.05, 0.1) is 0 Å². The van der Waals surface area contributed by atoms with Crippen molar-refractivity contribution in [3.63, 3.8) is 0 Å². The van der Waals surface area contributed by atoms with Crippen molar-refractivity contribution < 1.29 is 0 Å². The maximum absolute atomic E-state index is 3.55. The van der Waals surface area contributed by atoms with Gasteiger partial charge in [-0.2, -0.15) is 11.8 Å². The van der Waals surface area contributed by atoms with E-state index in [0.29, 0.717) is 4.75 Å². The van der Waals surface area contributed by atoms with Gasteiger partial charge in [0.2, 0.25) is 0 Å². The van der Waals surface area contributed by atoms with Crippen molar-refractivity contribution in [2.24, 2.45) is 5.92 Å². The Balaban J connectivity index is 1.97. The summed E-state index contributed by atoms with van der Waals surface area (Å²) < 4.78 is 0.457. The Morgan fingerprint density at radius 3 is 2.87 bits per heavy atom. The molecule has 2 nitrogen and oxygen atoms in total. The topological polar surface area (TPSA) is 15.3 Å². The summed E-state index contributed by atoms with van der Waals surface area (Å²) >= 11 is 2.13. The fourth-order valence-corrected chi connectivity index (χ4v) is 4.03. The highest BCUT2D eigenvalue weighted by molar-refractivity contribution is 8.00. The van der Waals surface area contributed by atoms with E-state index in [0.717, 1.165) is 12.0 Å². The highest BCUT2D eigenvalue weighted by Gasteiger charge is 2.36. The summed E-state index contributed by atoms with van der Waals surface area (Å²) in [7, 11) is 0. The van der Waals surface area contributed by atoms with E-state index in [4.69, 9.17) is 0 Å². The van der Waals surface area contributed by atoms with Crippen LogP contribution in [0.2, 0.25) is 0 Å². The highest BCUT2D eigenvalue weighted by Crippen LogP contribution is 2.32. The third-order valence-electron chi connectivity index (χ3n) is 3.75. The van der Waals surface area contributed by atoms with Crippen LogP contribution >= 0.6 is 11.8 Å². The standard InChI is InChI=1S/C12H24N2S/c1-4-10-7-13-8-11(10)14-5-6-15-12(2,3)9-14/h10-11,13H,4-9H2,1-3H3. The quantitative estimate of drug-likeness (QED) is 0.776.